The molecule has 1 heterocycles. The molecule has 0 saturated heterocycles. The number of ether oxygens (including phenoxy) is 1. The minimum absolute atomic E-state index is 0.790. The summed E-state index contributed by atoms with van der Waals surface area (Å²) < 4.78 is 7.58. The van der Waals surface area contributed by atoms with Crippen LogP contribution in [0.25, 0.3) is 0 Å². The molecule has 1 N–H and O–H groups in total. The minimum Gasteiger partial charge on any atom is -0.382 e. The standard InChI is InChI=1S/C13H26N4O/c1-5-18-10-6-8-17-11-12(2)15-13(17)16(4)9-7-14-3/h11,14H,5-10H2,1-4H3. The number of nitrogens with zero attached hydrogens (tertiary/aromatic N) is 3. The number of rotatable bonds is 9. The summed E-state index contributed by atoms with van der Waals surface area (Å²) in [6.07, 6.45) is 3.13. The third-order valence-corrected chi connectivity index (χ3v) is 2.81. The van der Waals surface area contributed by atoms with Crippen LogP contribution in [0, 0.1) is 6.92 Å². The summed E-state index contributed by atoms with van der Waals surface area (Å²) in [5, 5.41) is 3.16. The Kier molecular flexibility index (Phi) is 6.75. The number of aryl methyl sites for hydroxylation is 2. The maximum atomic E-state index is 5.37. The molecule has 5 heteroatoms. The highest BCUT2D eigenvalue weighted by atomic mass is 16.5. The first-order chi connectivity index (χ1) is 8.69. The molecule has 5 nitrogen and oxygen atoms in total. The highest BCUT2D eigenvalue weighted by Gasteiger charge is 2.09. The van der Waals surface area contributed by atoms with E-state index in [-0.39, 0.29) is 0 Å². The molecule has 1 rings (SSSR count). The number of imidazole rings is 1. The van der Waals surface area contributed by atoms with Crippen LogP contribution in [0.5, 0.6) is 0 Å². The van der Waals surface area contributed by atoms with E-state index < -0.39 is 0 Å². The van der Waals surface area contributed by atoms with Crippen molar-refractivity contribution in [1.29, 1.82) is 0 Å². The maximum absolute atomic E-state index is 5.37. The lowest BCUT2D eigenvalue weighted by atomic mass is 10.4. The highest BCUT2D eigenvalue weighted by Crippen LogP contribution is 2.13. The van der Waals surface area contributed by atoms with Crippen LogP contribution in [0.4, 0.5) is 5.95 Å². The molecule has 0 spiro atoms. The van der Waals surface area contributed by atoms with Crippen molar-refractivity contribution in [1.82, 2.24) is 14.9 Å². The van der Waals surface area contributed by atoms with Gasteiger partial charge in [-0.3, -0.25) is 0 Å². The Morgan fingerprint density at radius 2 is 2.28 bits per heavy atom. The number of hydrogen-bond acceptors (Lipinski definition) is 4. The van der Waals surface area contributed by atoms with E-state index in [1.165, 1.54) is 0 Å². The molecule has 0 unspecified atom stereocenters. The first kappa shape index (κ1) is 15.0. The van der Waals surface area contributed by atoms with Crippen LogP contribution < -0.4 is 10.2 Å². The molecule has 104 valence electrons. The third-order valence-electron chi connectivity index (χ3n) is 2.81. The number of hydrogen-bond donors (Lipinski definition) is 1. The van der Waals surface area contributed by atoms with E-state index in [1.807, 2.05) is 20.9 Å². The molecule has 0 fully saturated rings. The van der Waals surface area contributed by atoms with Gasteiger partial charge in [-0.2, -0.15) is 0 Å². The lowest BCUT2D eigenvalue weighted by molar-refractivity contribution is 0.141. The molecule has 0 bridgehead atoms. The molecule has 0 aliphatic heterocycles. The summed E-state index contributed by atoms with van der Waals surface area (Å²) in [5.41, 5.74) is 1.07. The minimum atomic E-state index is 0.790. The van der Waals surface area contributed by atoms with Crippen LogP contribution in [0.1, 0.15) is 19.0 Å². The SMILES string of the molecule is CCOCCCn1cc(C)nc1N(C)CCNC. The van der Waals surface area contributed by atoms with Crippen molar-refractivity contribution in [3.05, 3.63) is 11.9 Å². The van der Waals surface area contributed by atoms with Crippen molar-refractivity contribution in [2.75, 3.05) is 45.3 Å². The Labute approximate surface area is 110 Å². The lowest BCUT2D eigenvalue weighted by Crippen LogP contribution is -2.29. The molecule has 0 atom stereocenters. The summed E-state index contributed by atoms with van der Waals surface area (Å²) in [6, 6.07) is 0. The summed E-state index contributed by atoms with van der Waals surface area (Å²) >= 11 is 0. The smallest absolute Gasteiger partial charge is 0.205 e. The van der Waals surface area contributed by atoms with Crippen LogP contribution >= 0.6 is 0 Å². The molecule has 0 aromatic carbocycles. The van der Waals surface area contributed by atoms with Gasteiger partial charge in [0.1, 0.15) is 0 Å². The maximum Gasteiger partial charge on any atom is 0.205 e. The van der Waals surface area contributed by atoms with Gasteiger partial charge in [-0.25, -0.2) is 4.98 Å². The summed E-state index contributed by atoms with van der Waals surface area (Å²) in [4.78, 5) is 6.77. The van der Waals surface area contributed by atoms with Gasteiger partial charge in [0.2, 0.25) is 5.95 Å². The van der Waals surface area contributed by atoms with E-state index in [1.54, 1.807) is 0 Å². The largest absolute Gasteiger partial charge is 0.382 e. The van der Waals surface area contributed by atoms with Crippen molar-refractivity contribution < 1.29 is 4.74 Å². The van der Waals surface area contributed by atoms with E-state index in [2.05, 4.69) is 33.0 Å². The predicted octanol–water partition coefficient (Wildman–Crippen LogP) is 1.27. The van der Waals surface area contributed by atoms with Gasteiger partial charge in [0.05, 0.1) is 5.69 Å². The van der Waals surface area contributed by atoms with Crippen molar-refractivity contribution in [3.8, 4) is 0 Å². The zero-order valence-electron chi connectivity index (χ0n) is 12.1. The van der Waals surface area contributed by atoms with Crippen LogP contribution in [-0.4, -0.2) is 49.9 Å². The van der Waals surface area contributed by atoms with Crippen molar-refractivity contribution in [2.24, 2.45) is 0 Å². The average Bonchev–Trinajstić information content (AvgIpc) is 2.73. The predicted molar refractivity (Wildman–Crippen MR) is 75.3 cm³/mol. The van der Waals surface area contributed by atoms with Gasteiger partial charge in [0.15, 0.2) is 0 Å². The van der Waals surface area contributed by atoms with E-state index >= 15 is 0 Å². The Balaban J connectivity index is 2.55. The second-order valence-electron chi connectivity index (χ2n) is 4.45. The topological polar surface area (TPSA) is 42.3 Å². The number of likely N-dealkylation sites (N-methyl/N-ethyl adjacent to an activating group) is 2. The Morgan fingerprint density at radius 1 is 1.50 bits per heavy atom. The van der Waals surface area contributed by atoms with Gasteiger partial charge < -0.3 is 19.5 Å². The normalized spacial score (nSPS) is 10.9. The fourth-order valence-electron chi connectivity index (χ4n) is 1.86. The van der Waals surface area contributed by atoms with Gasteiger partial charge in [-0.15, -0.1) is 0 Å². The molecular weight excluding hydrogens is 228 g/mol. The second-order valence-corrected chi connectivity index (χ2v) is 4.45. The van der Waals surface area contributed by atoms with E-state index in [9.17, 15) is 0 Å². The molecule has 1 aromatic rings. The van der Waals surface area contributed by atoms with E-state index in [0.29, 0.717) is 0 Å². The zero-order valence-corrected chi connectivity index (χ0v) is 12.1. The summed E-state index contributed by atoms with van der Waals surface area (Å²) in [7, 11) is 4.05. The van der Waals surface area contributed by atoms with Crippen molar-refractivity contribution >= 4 is 5.95 Å². The summed E-state index contributed by atoms with van der Waals surface area (Å²) in [6.45, 7) is 8.54. The molecule has 1 aromatic heterocycles. The van der Waals surface area contributed by atoms with Crippen LogP contribution in [0.2, 0.25) is 0 Å². The van der Waals surface area contributed by atoms with Gasteiger partial charge in [0, 0.05) is 46.1 Å². The molecule has 0 aliphatic rings. The Hall–Kier alpha value is -1.07. The first-order valence-electron chi connectivity index (χ1n) is 6.66. The van der Waals surface area contributed by atoms with Gasteiger partial charge >= 0.3 is 0 Å². The van der Waals surface area contributed by atoms with Crippen LogP contribution in [-0.2, 0) is 11.3 Å². The fraction of sp³-hybridized carbons (Fsp3) is 0.769. The molecular formula is C13H26N4O. The zero-order chi connectivity index (χ0) is 13.4. The third kappa shape index (κ3) is 4.66. The lowest BCUT2D eigenvalue weighted by Gasteiger charge is -2.19. The number of aromatic nitrogens is 2. The quantitative estimate of drug-likeness (QED) is 0.674. The Morgan fingerprint density at radius 3 is 2.94 bits per heavy atom. The molecule has 0 aliphatic carbocycles. The fourth-order valence-corrected chi connectivity index (χ4v) is 1.86. The molecule has 0 amide bonds. The van der Waals surface area contributed by atoms with Crippen molar-refractivity contribution in [3.63, 3.8) is 0 Å². The van der Waals surface area contributed by atoms with Crippen molar-refractivity contribution in [2.45, 2.75) is 26.8 Å². The van der Waals surface area contributed by atoms with Gasteiger partial charge in [0.25, 0.3) is 0 Å². The van der Waals surface area contributed by atoms with E-state index in [4.69, 9.17) is 4.74 Å². The molecule has 0 radical (unpaired) electrons. The first-order valence-corrected chi connectivity index (χ1v) is 6.66. The van der Waals surface area contributed by atoms with Crippen LogP contribution in [0.3, 0.4) is 0 Å². The Bertz CT molecular complexity index is 338. The van der Waals surface area contributed by atoms with Gasteiger partial charge in [-0.05, 0) is 27.3 Å². The van der Waals surface area contributed by atoms with Crippen LogP contribution in [0.15, 0.2) is 6.20 Å². The average molecular weight is 254 g/mol. The van der Waals surface area contributed by atoms with Gasteiger partial charge in [-0.1, -0.05) is 0 Å². The highest BCUT2D eigenvalue weighted by molar-refractivity contribution is 5.32. The van der Waals surface area contributed by atoms with E-state index in [0.717, 1.165) is 50.9 Å². The summed E-state index contributed by atoms with van der Waals surface area (Å²) in [5.74, 6) is 1.04. The second kappa shape index (κ2) is 8.11. The monoisotopic (exact) mass is 254 g/mol. The molecule has 18 heavy (non-hydrogen) atoms. The number of nitrogens with one attached hydrogen (secondary N) is 1. The molecule has 0 saturated carbocycles. The number of anilines is 1.